The molecule has 0 spiro atoms. The van der Waals surface area contributed by atoms with Crippen molar-refractivity contribution in [1.29, 1.82) is 0 Å². The third-order valence-electron chi connectivity index (χ3n) is 0.402. The van der Waals surface area contributed by atoms with Gasteiger partial charge in [-0.1, -0.05) is 0 Å². The summed E-state index contributed by atoms with van der Waals surface area (Å²) in [4.78, 5) is 13.7. The monoisotopic (exact) mass is 258 g/mol. The van der Waals surface area contributed by atoms with E-state index in [0.29, 0.717) is 0 Å². The summed E-state index contributed by atoms with van der Waals surface area (Å²) >= 11 is 0.762. The molecule has 0 aromatic carbocycles. The van der Waals surface area contributed by atoms with E-state index < -0.39 is 0 Å². The van der Waals surface area contributed by atoms with Gasteiger partial charge in [0.15, 0.2) is 0 Å². The Morgan fingerprint density at radius 1 is 1.75 bits per heavy atom. The van der Waals surface area contributed by atoms with Crippen molar-refractivity contribution >= 4 is 17.2 Å². The van der Waals surface area contributed by atoms with Crippen molar-refractivity contribution in [2.45, 2.75) is 0 Å². The fourth-order valence-corrected chi connectivity index (χ4v) is 0.0373. The summed E-state index contributed by atoms with van der Waals surface area (Å²) in [7, 11) is 6.01. The number of halogens is 1. The molecular weight excluding hydrogens is 251 g/mol. The molecule has 0 aromatic heterocycles. The van der Waals surface area contributed by atoms with Gasteiger partial charge in [-0.2, -0.15) is 0 Å². The summed E-state index contributed by atoms with van der Waals surface area (Å²) in [6.07, 6.45) is 1.48. The SMILES string of the molecule is CON(C)[C-]=O.[Br][YH2]. The van der Waals surface area contributed by atoms with E-state index in [0.717, 1.165) is 33.3 Å². The second-order valence-electron chi connectivity index (χ2n) is 0.771. The van der Waals surface area contributed by atoms with Crippen LogP contribution in [0.2, 0.25) is 0 Å². The number of carbonyl (C=O) groups excluding carboxylic acids is 1. The van der Waals surface area contributed by atoms with E-state index in [-0.39, 0.29) is 0 Å². The fourth-order valence-electron chi connectivity index (χ4n) is 0.0373. The Morgan fingerprint density at radius 3 is 2.12 bits per heavy atom. The van der Waals surface area contributed by atoms with E-state index in [2.05, 4.69) is 15.6 Å². The predicted molar refractivity (Wildman–Crippen MR) is 32.2 cm³/mol. The molecule has 8 heavy (non-hydrogen) atoms. The van der Waals surface area contributed by atoms with E-state index >= 15 is 0 Å². The van der Waals surface area contributed by atoms with Gasteiger partial charge in [-0.05, 0) is 7.05 Å². The second-order valence-corrected chi connectivity index (χ2v) is 0.771. The first-order valence-electron chi connectivity index (χ1n) is 1.84. The molecule has 0 aliphatic heterocycles. The maximum atomic E-state index is 9.41. The van der Waals surface area contributed by atoms with Crippen LogP contribution >= 0.6 is 10.8 Å². The molecule has 1 amide bonds. The minimum atomic E-state index is 0.762. The van der Waals surface area contributed by atoms with Crippen LogP contribution in [0, 0.1) is 0 Å². The van der Waals surface area contributed by atoms with Gasteiger partial charge in [-0.3, -0.25) is 0 Å². The Balaban J connectivity index is 0. The Bertz CT molecular complexity index is 54.5. The van der Waals surface area contributed by atoms with Crippen LogP contribution in [0.4, 0.5) is 0 Å². The zero-order valence-corrected chi connectivity index (χ0v) is 11.6. The van der Waals surface area contributed by atoms with Crippen molar-refractivity contribution in [2.24, 2.45) is 0 Å². The number of nitrogens with zero attached hydrogens (tertiary/aromatic N) is 1. The van der Waals surface area contributed by atoms with Gasteiger partial charge in [0.05, 0.1) is 7.11 Å². The Hall–Kier alpha value is 1.01. The quantitative estimate of drug-likeness (QED) is 0.392. The van der Waals surface area contributed by atoms with E-state index in [9.17, 15) is 4.79 Å². The molecule has 3 nitrogen and oxygen atoms in total. The van der Waals surface area contributed by atoms with Gasteiger partial charge in [-0.15, -0.1) is 6.41 Å². The van der Waals surface area contributed by atoms with Crippen LogP contribution < -0.4 is 0 Å². The zero-order valence-electron chi connectivity index (χ0n) is 5.14. The number of hydroxylamine groups is 2. The van der Waals surface area contributed by atoms with Crippen LogP contribution in [0.1, 0.15) is 0 Å². The molecule has 0 heterocycles. The van der Waals surface area contributed by atoms with Gasteiger partial charge >= 0.3 is 39.1 Å². The standard InChI is InChI=1S/C3H6NO2.BrH.Y.2H/c1-4(3-5)6-2;;;;/h1-2H3;1H;;;/q-1;;+1;;/p-1. The van der Waals surface area contributed by atoms with Gasteiger partial charge in [0.2, 0.25) is 0 Å². The zero-order chi connectivity index (χ0) is 6.99. The predicted octanol–water partition coefficient (Wildman–Crippen LogP) is -0.146. The van der Waals surface area contributed by atoms with Gasteiger partial charge in [-0.25, -0.2) is 0 Å². The van der Waals surface area contributed by atoms with Crippen molar-refractivity contribution < 1.29 is 37.9 Å². The van der Waals surface area contributed by atoms with Crippen LogP contribution in [-0.4, -0.2) is 25.6 Å². The van der Waals surface area contributed by atoms with E-state index in [1.54, 1.807) is 0 Å². The molecule has 0 rings (SSSR count). The molecule has 0 N–H and O–H groups in total. The number of hydrogen-bond acceptors (Lipinski definition) is 2. The molecule has 0 unspecified atom stereocenters. The van der Waals surface area contributed by atoms with Crippen molar-refractivity contribution in [3.05, 3.63) is 0 Å². The van der Waals surface area contributed by atoms with Crippen LogP contribution in [0.25, 0.3) is 0 Å². The molecule has 0 fully saturated rings. The van der Waals surface area contributed by atoms with E-state index in [1.807, 2.05) is 0 Å². The first-order valence-corrected chi connectivity index (χ1v) is 13.1. The first-order chi connectivity index (χ1) is 3.81. The summed E-state index contributed by atoms with van der Waals surface area (Å²) in [5, 5.41) is 0.944. The van der Waals surface area contributed by atoms with Crippen molar-refractivity contribution in [3.63, 3.8) is 0 Å². The molecule has 5 heteroatoms. The van der Waals surface area contributed by atoms with Gasteiger partial charge in [0.25, 0.3) is 0 Å². The minimum absolute atomic E-state index is 0.762. The van der Waals surface area contributed by atoms with E-state index in [1.165, 1.54) is 20.6 Å². The number of rotatable bonds is 2. The molecule has 0 aliphatic rings. The third-order valence-corrected chi connectivity index (χ3v) is 0.402. The first kappa shape index (κ1) is 11.8. The summed E-state index contributed by atoms with van der Waals surface area (Å²) in [5.74, 6) is 0. The average molecular weight is 259 g/mol. The summed E-state index contributed by atoms with van der Waals surface area (Å²) < 4.78 is 0. The topological polar surface area (TPSA) is 29.5 Å². The Kier molecular flexibility index (Phi) is 16.0. The molecule has 48 valence electrons. The summed E-state index contributed by atoms with van der Waals surface area (Å²) in [6, 6.07) is 0. The van der Waals surface area contributed by atoms with Crippen LogP contribution in [0.15, 0.2) is 0 Å². The molecule has 0 atom stereocenters. The summed E-state index contributed by atoms with van der Waals surface area (Å²) in [6.45, 7) is 0. The summed E-state index contributed by atoms with van der Waals surface area (Å²) in [5.41, 5.74) is 0. The normalized spacial score (nSPS) is 6.38. The molecular formula is C3H8BrNO2Y-. The van der Waals surface area contributed by atoms with Gasteiger partial charge in [0.1, 0.15) is 0 Å². The second kappa shape index (κ2) is 10.9. The molecule has 0 radical (unpaired) electrons. The van der Waals surface area contributed by atoms with Gasteiger partial charge < -0.3 is 14.7 Å². The molecule has 0 aliphatic carbocycles. The average Bonchev–Trinajstić information content (AvgIpc) is 1.91. The molecule has 0 saturated heterocycles. The molecule has 0 aromatic rings. The number of hydrogen-bond donors (Lipinski definition) is 0. The fraction of sp³-hybridized carbons (Fsp3) is 0.667. The third kappa shape index (κ3) is 10.1. The van der Waals surface area contributed by atoms with Crippen molar-refractivity contribution in [2.75, 3.05) is 14.2 Å². The van der Waals surface area contributed by atoms with Crippen LogP contribution in [-0.2, 0) is 37.9 Å². The molecule has 0 saturated carbocycles. The Morgan fingerprint density at radius 2 is 2.12 bits per heavy atom. The van der Waals surface area contributed by atoms with Gasteiger partial charge in [0, 0.05) is 0 Å². The Labute approximate surface area is 73.7 Å². The van der Waals surface area contributed by atoms with Crippen LogP contribution in [0.3, 0.4) is 0 Å². The van der Waals surface area contributed by atoms with E-state index in [4.69, 9.17) is 0 Å². The van der Waals surface area contributed by atoms with Crippen molar-refractivity contribution in [3.8, 4) is 0 Å². The van der Waals surface area contributed by atoms with Crippen LogP contribution in [0.5, 0.6) is 0 Å². The van der Waals surface area contributed by atoms with Crippen molar-refractivity contribution in [1.82, 2.24) is 5.06 Å². The maximum absolute atomic E-state index is 9.41. The molecule has 0 bridgehead atoms. The number of amides is 1.